The van der Waals surface area contributed by atoms with E-state index >= 15 is 0 Å². The Balaban J connectivity index is 1.61. The number of rotatable bonds is 3. The Morgan fingerprint density at radius 3 is 2.55 bits per heavy atom. The van der Waals surface area contributed by atoms with Crippen LogP contribution in [0.4, 0.5) is 0 Å². The number of H-pyrrole nitrogens is 1. The lowest BCUT2D eigenvalue weighted by molar-refractivity contribution is 0.316. The highest BCUT2D eigenvalue weighted by Crippen LogP contribution is 2.41. The Labute approximate surface area is 174 Å². The molecule has 4 aromatic rings. The van der Waals surface area contributed by atoms with Crippen LogP contribution in [0.1, 0.15) is 50.5 Å². The number of fused-ring (bicyclic) bond motifs is 3. The standard InChI is InChI=1S/C25H25NO2S/c1-15(16-5-3-2-4-6-16)17-7-9-18(10-8-17)22-21(27)12-11-20-23(22)19-13-14-29-24(19)25(28)26-20/h7-16,27H,2-6H2,1H3,(H,26,28). The summed E-state index contributed by atoms with van der Waals surface area (Å²) in [5.41, 5.74) is 3.82. The second kappa shape index (κ2) is 7.34. The van der Waals surface area contributed by atoms with Gasteiger partial charge in [-0.15, -0.1) is 11.3 Å². The SMILES string of the molecule is CC(c1ccc(-c2c(O)ccc3[nH]c(=O)c4sccc4c23)cc1)C1CCCCC1. The molecule has 0 aliphatic heterocycles. The number of aromatic nitrogens is 1. The van der Waals surface area contributed by atoms with Crippen molar-refractivity contribution in [1.82, 2.24) is 4.98 Å². The van der Waals surface area contributed by atoms with Gasteiger partial charge in [0.05, 0.1) is 0 Å². The van der Waals surface area contributed by atoms with Gasteiger partial charge in [0.15, 0.2) is 0 Å². The largest absolute Gasteiger partial charge is 0.507 e. The molecular formula is C25H25NO2S. The van der Waals surface area contributed by atoms with Crippen LogP contribution >= 0.6 is 11.3 Å². The van der Waals surface area contributed by atoms with Gasteiger partial charge in [-0.05, 0) is 59.4 Å². The number of nitrogens with one attached hydrogen (secondary N) is 1. The van der Waals surface area contributed by atoms with Gasteiger partial charge in [0.25, 0.3) is 5.56 Å². The zero-order valence-corrected chi connectivity index (χ0v) is 17.4. The van der Waals surface area contributed by atoms with Crippen molar-refractivity contribution < 1.29 is 5.11 Å². The van der Waals surface area contributed by atoms with Gasteiger partial charge in [-0.3, -0.25) is 4.79 Å². The monoisotopic (exact) mass is 403 g/mol. The first kappa shape index (κ1) is 18.4. The van der Waals surface area contributed by atoms with Crippen molar-refractivity contribution in [3.8, 4) is 16.9 Å². The van der Waals surface area contributed by atoms with E-state index in [-0.39, 0.29) is 11.3 Å². The van der Waals surface area contributed by atoms with E-state index in [2.05, 4.69) is 36.2 Å². The molecule has 0 saturated heterocycles. The van der Waals surface area contributed by atoms with Gasteiger partial charge in [0.2, 0.25) is 0 Å². The van der Waals surface area contributed by atoms with Crippen molar-refractivity contribution in [3.05, 3.63) is 63.8 Å². The number of thiophene rings is 1. The van der Waals surface area contributed by atoms with Crippen LogP contribution < -0.4 is 5.56 Å². The molecule has 1 fully saturated rings. The maximum atomic E-state index is 12.3. The average molecular weight is 404 g/mol. The normalized spacial score (nSPS) is 16.4. The minimum Gasteiger partial charge on any atom is -0.507 e. The summed E-state index contributed by atoms with van der Waals surface area (Å²) in [4.78, 5) is 15.3. The van der Waals surface area contributed by atoms with E-state index < -0.39 is 0 Å². The second-order valence-electron chi connectivity index (χ2n) is 8.31. The van der Waals surface area contributed by atoms with Crippen molar-refractivity contribution in [2.24, 2.45) is 5.92 Å². The molecule has 1 atom stereocenters. The molecule has 1 aliphatic carbocycles. The van der Waals surface area contributed by atoms with Gasteiger partial charge >= 0.3 is 0 Å². The van der Waals surface area contributed by atoms with Crippen LogP contribution in [-0.2, 0) is 0 Å². The highest BCUT2D eigenvalue weighted by Gasteiger charge is 2.22. The van der Waals surface area contributed by atoms with Gasteiger partial charge < -0.3 is 10.1 Å². The summed E-state index contributed by atoms with van der Waals surface area (Å²) >= 11 is 1.44. The summed E-state index contributed by atoms with van der Waals surface area (Å²) in [5, 5.41) is 14.5. The third-order valence-corrected chi connectivity index (χ3v) is 7.57. The van der Waals surface area contributed by atoms with E-state index in [0.29, 0.717) is 10.6 Å². The summed E-state index contributed by atoms with van der Waals surface area (Å²) in [6.07, 6.45) is 6.74. The molecule has 29 heavy (non-hydrogen) atoms. The molecule has 2 aromatic heterocycles. The predicted molar refractivity (Wildman–Crippen MR) is 122 cm³/mol. The van der Waals surface area contributed by atoms with Crippen molar-refractivity contribution in [1.29, 1.82) is 0 Å². The minimum absolute atomic E-state index is 0.0733. The summed E-state index contributed by atoms with van der Waals surface area (Å²) in [5.74, 6) is 1.58. The van der Waals surface area contributed by atoms with Crippen LogP contribution in [-0.4, -0.2) is 10.1 Å². The fraction of sp³-hybridized carbons (Fsp3) is 0.320. The van der Waals surface area contributed by atoms with Crippen LogP contribution in [0.3, 0.4) is 0 Å². The van der Waals surface area contributed by atoms with E-state index in [1.54, 1.807) is 12.1 Å². The first-order chi connectivity index (χ1) is 14.1. The number of aromatic hydroxyl groups is 1. The van der Waals surface area contributed by atoms with Crippen molar-refractivity contribution in [2.45, 2.75) is 44.9 Å². The van der Waals surface area contributed by atoms with E-state index in [1.807, 2.05) is 11.4 Å². The number of benzene rings is 2. The highest BCUT2D eigenvalue weighted by molar-refractivity contribution is 7.17. The van der Waals surface area contributed by atoms with Crippen LogP contribution in [0.15, 0.2) is 52.6 Å². The minimum atomic E-state index is -0.0733. The molecule has 0 bridgehead atoms. The lowest BCUT2D eigenvalue weighted by Crippen LogP contribution is -2.13. The number of hydrogen-bond acceptors (Lipinski definition) is 3. The third-order valence-electron chi connectivity index (χ3n) is 6.65. The molecule has 4 heteroatoms. The molecule has 0 spiro atoms. The maximum Gasteiger partial charge on any atom is 0.266 e. The van der Waals surface area contributed by atoms with Crippen LogP contribution in [0.2, 0.25) is 0 Å². The van der Waals surface area contributed by atoms with Crippen molar-refractivity contribution in [3.63, 3.8) is 0 Å². The summed E-state index contributed by atoms with van der Waals surface area (Å²) < 4.78 is 0.701. The number of pyridine rings is 1. The first-order valence-corrected chi connectivity index (χ1v) is 11.4. The number of aromatic amines is 1. The van der Waals surface area contributed by atoms with E-state index in [4.69, 9.17) is 0 Å². The fourth-order valence-corrected chi connectivity index (χ4v) is 5.78. The topological polar surface area (TPSA) is 53.1 Å². The van der Waals surface area contributed by atoms with Gasteiger partial charge in [-0.1, -0.05) is 50.5 Å². The Bertz CT molecular complexity index is 1230. The molecule has 0 radical (unpaired) electrons. The van der Waals surface area contributed by atoms with Crippen molar-refractivity contribution >= 4 is 32.3 Å². The molecule has 3 nitrogen and oxygen atoms in total. The Morgan fingerprint density at radius 1 is 1.03 bits per heavy atom. The molecule has 2 aromatic carbocycles. The summed E-state index contributed by atoms with van der Waals surface area (Å²) in [6.45, 7) is 2.35. The van der Waals surface area contributed by atoms with Gasteiger partial charge in [0, 0.05) is 21.9 Å². The maximum absolute atomic E-state index is 12.3. The fourth-order valence-electron chi connectivity index (χ4n) is 4.99. The molecule has 1 aliphatic rings. The Hall–Kier alpha value is -2.59. The predicted octanol–water partition coefficient (Wildman–Crippen LogP) is 6.80. The van der Waals surface area contributed by atoms with Crippen molar-refractivity contribution in [2.75, 3.05) is 0 Å². The van der Waals surface area contributed by atoms with Gasteiger partial charge in [-0.2, -0.15) is 0 Å². The van der Waals surface area contributed by atoms with E-state index in [0.717, 1.165) is 33.3 Å². The molecule has 2 N–H and O–H groups in total. The summed E-state index contributed by atoms with van der Waals surface area (Å²) in [6, 6.07) is 14.1. The smallest absolute Gasteiger partial charge is 0.266 e. The van der Waals surface area contributed by atoms with Crippen LogP contribution in [0.25, 0.3) is 32.1 Å². The molecule has 1 saturated carbocycles. The van der Waals surface area contributed by atoms with Gasteiger partial charge in [-0.25, -0.2) is 0 Å². The second-order valence-corrected chi connectivity index (χ2v) is 9.22. The lowest BCUT2D eigenvalue weighted by atomic mass is 9.77. The number of phenolic OH excluding ortho intramolecular Hbond substituents is 1. The molecule has 2 heterocycles. The zero-order valence-electron chi connectivity index (χ0n) is 16.6. The molecule has 148 valence electrons. The van der Waals surface area contributed by atoms with E-state index in [9.17, 15) is 9.90 Å². The Morgan fingerprint density at radius 2 is 1.79 bits per heavy atom. The molecule has 5 rings (SSSR count). The number of phenols is 1. The quantitative estimate of drug-likeness (QED) is 0.395. The summed E-state index contributed by atoms with van der Waals surface area (Å²) in [7, 11) is 0. The van der Waals surface area contributed by atoms with Crippen LogP contribution in [0, 0.1) is 5.92 Å². The molecule has 1 unspecified atom stereocenters. The average Bonchev–Trinajstić information content (AvgIpc) is 3.25. The first-order valence-electron chi connectivity index (χ1n) is 10.5. The lowest BCUT2D eigenvalue weighted by Gasteiger charge is -2.28. The zero-order chi connectivity index (χ0) is 20.0. The molecular weight excluding hydrogens is 378 g/mol. The van der Waals surface area contributed by atoms with Crippen LogP contribution in [0.5, 0.6) is 5.75 Å². The van der Waals surface area contributed by atoms with E-state index in [1.165, 1.54) is 49.0 Å². The number of hydrogen-bond donors (Lipinski definition) is 2. The van der Waals surface area contributed by atoms with Gasteiger partial charge in [0.1, 0.15) is 10.4 Å². The molecule has 0 amide bonds. The Kier molecular flexibility index (Phi) is 4.67. The third kappa shape index (κ3) is 3.16. The highest BCUT2D eigenvalue weighted by atomic mass is 32.1.